The van der Waals surface area contributed by atoms with E-state index >= 15 is 0 Å². The van der Waals surface area contributed by atoms with E-state index in [4.69, 9.17) is 0 Å². The molecule has 3 heterocycles. The van der Waals surface area contributed by atoms with E-state index < -0.39 is 0 Å². The zero-order chi connectivity index (χ0) is 19.9. The first-order chi connectivity index (χ1) is 14.9. The maximum absolute atomic E-state index is 3.78. The van der Waals surface area contributed by atoms with Gasteiger partial charge >= 0.3 is 0 Å². The average molecular weight is 393 g/mol. The Morgan fingerprint density at radius 2 is 1.60 bits per heavy atom. The van der Waals surface area contributed by atoms with E-state index in [1.165, 1.54) is 39.0 Å². The minimum absolute atomic E-state index is 0.371. The molecule has 0 radical (unpaired) electrons. The Bertz CT molecular complexity index is 1220. The number of aromatic amines is 1. The van der Waals surface area contributed by atoms with Gasteiger partial charge in [0.15, 0.2) is 6.67 Å². The van der Waals surface area contributed by atoms with E-state index in [0.29, 0.717) is 5.92 Å². The highest BCUT2D eigenvalue weighted by Gasteiger charge is 2.40. The van der Waals surface area contributed by atoms with Crippen molar-refractivity contribution in [2.45, 2.75) is 18.9 Å². The van der Waals surface area contributed by atoms with Gasteiger partial charge in [-0.15, -0.1) is 0 Å². The summed E-state index contributed by atoms with van der Waals surface area (Å²) >= 11 is 0. The molecular weight excluding hydrogens is 366 g/mol. The standard InChI is InChI=1S/C27H25N3/c1-3-9-20(10-4-1)17-29-18-24(21-11-5-2-6-12-21)27-26-23(15-16-30(27)19-29)22-13-7-8-14-25(22)28-26/h1-14,24H,15-19H2/p+1. The zero-order valence-electron chi connectivity index (χ0n) is 17.1. The van der Waals surface area contributed by atoms with Gasteiger partial charge in [-0.2, -0.15) is 0 Å². The van der Waals surface area contributed by atoms with Gasteiger partial charge in [0.25, 0.3) is 0 Å². The summed E-state index contributed by atoms with van der Waals surface area (Å²) in [6, 6.07) is 30.7. The van der Waals surface area contributed by atoms with Crippen LogP contribution in [0.1, 0.15) is 28.3 Å². The second-order valence-corrected chi connectivity index (χ2v) is 8.52. The quantitative estimate of drug-likeness (QED) is 0.498. The Labute approximate surface area is 177 Å². The number of hydrogen-bond donors (Lipinski definition) is 1. The van der Waals surface area contributed by atoms with Gasteiger partial charge in [-0.05, 0) is 22.8 Å². The Morgan fingerprint density at radius 3 is 2.43 bits per heavy atom. The van der Waals surface area contributed by atoms with Crippen LogP contribution in [0.4, 0.5) is 0 Å². The third-order valence-corrected chi connectivity index (χ3v) is 6.63. The van der Waals surface area contributed by atoms with Crippen molar-refractivity contribution in [2.24, 2.45) is 0 Å². The molecule has 0 saturated heterocycles. The highest BCUT2D eigenvalue weighted by molar-refractivity contribution is 6.07. The van der Waals surface area contributed by atoms with Crippen molar-refractivity contribution in [3.05, 3.63) is 107 Å². The zero-order valence-corrected chi connectivity index (χ0v) is 17.1. The molecule has 0 amide bonds. The predicted molar refractivity (Wildman–Crippen MR) is 122 cm³/mol. The molecule has 0 spiro atoms. The number of hydrogen-bond acceptors (Lipinski definition) is 1. The molecule has 0 bridgehead atoms. The van der Waals surface area contributed by atoms with Crippen molar-refractivity contribution in [1.29, 1.82) is 0 Å². The number of rotatable bonds is 3. The maximum atomic E-state index is 3.78. The molecule has 2 aliphatic heterocycles. The van der Waals surface area contributed by atoms with E-state index in [0.717, 1.165) is 32.7 Å². The number of para-hydroxylation sites is 1. The minimum atomic E-state index is 0.371. The summed E-state index contributed by atoms with van der Waals surface area (Å²) in [6.07, 6.45) is 1.10. The molecule has 3 heteroatoms. The second kappa shape index (κ2) is 7.26. The van der Waals surface area contributed by atoms with Crippen LogP contribution in [0.5, 0.6) is 0 Å². The summed E-state index contributed by atoms with van der Waals surface area (Å²) in [5.41, 5.74) is 8.38. The summed E-state index contributed by atoms with van der Waals surface area (Å²) < 4.78 is 2.61. The summed E-state index contributed by atoms with van der Waals surface area (Å²) in [6.45, 7) is 4.11. The fraction of sp³-hybridized carbons (Fsp3) is 0.222. The van der Waals surface area contributed by atoms with Gasteiger partial charge < -0.3 is 4.98 Å². The highest BCUT2D eigenvalue weighted by Crippen LogP contribution is 2.34. The van der Waals surface area contributed by atoms with E-state index in [-0.39, 0.29) is 0 Å². The molecule has 4 aromatic rings. The molecule has 2 aliphatic rings. The number of fused-ring (bicyclic) bond motifs is 4. The molecular formula is C27H26N3+. The van der Waals surface area contributed by atoms with Gasteiger partial charge in [0.1, 0.15) is 12.2 Å². The van der Waals surface area contributed by atoms with Crippen LogP contribution in [0.2, 0.25) is 0 Å². The van der Waals surface area contributed by atoms with E-state index in [2.05, 4.69) is 99.4 Å². The molecule has 3 nitrogen and oxygen atoms in total. The van der Waals surface area contributed by atoms with Gasteiger partial charge in [-0.3, -0.25) is 0 Å². The average Bonchev–Trinajstić information content (AvgIpc) is 3.18. The first kappa shape index (κ1) is 17.7. The Balaban J connectivity index is 1.46. The molecule has 148 valence electrons. The second-order valence-electron chi connectivity index (χ2n) is 8.52. The fourth-order valence-corrected chi connectivity index (χ4v) is 5.29. The Kier molecular flexibility index (Phi) is 4.28. The summed E-state index contributed by atoms with van der Waals surface area (Å²) in [5, 5.41) is 1.39. The lowest BCUT2D eigenvalue weighted by atomic mass is 9.86. The van der Waals surface area contributed by atoms with Crippen LogP contribution in [0.3, 0.4) is 0 Å². The number of aromatic nitrogens is 1. The number of H-pyrrole nitrogens is 1. The molecule has 1 unspecified atom stereocenters. The molecule has 0 fully saturated rings. The van der Waals surface area contributed by atoms with Gasteiger partial charge in [0, 0.05) is 30.4 Å². The van der Waals surface area contributed by atoms with E-state index in [1.54, 1.807) is 0 Å². The SMILES string of the molecule is c1ccc(CN2CC(c3ccccc3)C3=[N+](CCc4c3[nH]c3ccccc43)C2)cc1. The molecule has 1 atom stereocenters. The van der Waals surface area contributed by atoms with Gasteiger partial charge in [-0.25, -0.2) is 9.48 Å². The maximum Gasteiger partial charge on any atom is 0.210 e. The van der Waals surface area contributed by atoms with Crippen LogP contribution in [0.15, 0.2) is 84.9 Å². The lowest BCUT2D eigenvalue weighted by Crippen LogP contribution is -2.49. The smallest absolute Gasteiger partial charge is 0.210 e. The molecule has 0 saturated carbocycles. The molecule has 1 N–H and O–H groups in total. The monoisotopic (exact) mass is 392 g/mol. The van der Waals surface area contributed by atoms with Crippen LogP contribution < -0.4 is 0 Å². The third kappa shape index (κ3) is 2.98. The third-order valence-electron chi connectivity index (χ3n) is 6.63. The Morgan fingerprint density at radius 1 is 0.867 bits per heavy atom. The minimum Gasteiger partial charge on any atom is -0.350 e. The molecule has 3 aromatic carbocycles. The van der Waals surface area contributed by atoms with Crippen LogP contribution in [-0.2, 0) is 13.0 Å². The number of benzene rings is 3. The first-order valence-corrected chi connectivity index (χ1v) is 10.9. The van der Waals surface area contributed by atoms with Crippen LogP contribution in [-0.4, -0.2) is 39.9 Å². The summed E-state index contributed by atoms with van der Waals surface area (Å²) in [5.74, 6) is 0.371. The fourth-order valence-electron chi connectivity index (χ4n) is 5.29. The largest absolute Gasteiger partial charge is 0.350 e. The van der Waals surface area contributed by atoms with Crippen LogP contribution >= 0.6 is 0 Å². The normalized spacial score (nSPS) is 19.0. The summed E-state index contributed by atoms with van der Waals surface area (Å²) in [7, 11) is 0. The van der Waals surface area contributed by atoms with Crippen molar-refractivity contribution >= 4 is 16.6 Å². The molecule has 1 aromatic heterocycles. The molecule has 30 heavy (non-hydrogen) atoms. The molecule has 6 rings (SSSR count). The van der Waals surface area contributed by atoms with Crippen molar-refractivity contribution in [3.63, 3.8) is 0 Å². The lowest BCUT2D eigenvalue weighted by Gasteiger charge is -2.34. The van der Waals surface area contributed by atoms with Crippen molar-refractivity contribution in [3.8, 4) is 0 Å². The topological polar surface area (TPSA) is 22.0 Å². The van der Waals surface area contributed by atoms with Crippen molar-refractivity contribution in [2.75, 3.05) is 19.8 Å². The van der Waals surface area contributed by atoms with E-state index in [9.17, 15) is 0 Å². The van der Waals surface area contributed by atoms with Gasteiger partial charge in [-0.1, -0.05) is 78.9 Å². The number of nitrogens with one attached hydrogen (secondary N) is 1. The lowest BCUT2D eigenvalue weighted by molar-refractivity contribution is -0.557. The van der Waals surface area contributed by atoms with Crippen LogP contribution in [0, 0.1) is 0 Å². The van der Waals surface area contributed by atoms with Crippen molar-refractivity contribution < 1.29 is 4.58 Å². The Hall–Kier alpha value is -3.17. The van der Waals surface area contributed by atoms with Gasteiger partial charge in [0.05, 0.1) is 5.92 Å². The van der Waals surface area contributed by atoms with E-state index in [1.807, 2.05) is 0 Å². The molecule has 0 aliphatic carbocycles. The number of nitrogens with zero attached hydrogens (tertiary/aromatic N) is 2. The van der Waals surface area contributed by atoms with Crippen LogP contribution in [0.25, 0.3) is 10.9 Å². The first-order valence-electron chi connectivity index (χ1n) is 10.9. The predicted octanol–water partition coefficient (Wildman–Crippen LogP) is 4.78. The summed E-state index contributed by atoms with van der Waals surface area (Å²) in [4.78, 5) is 6.38. The van der Waals surface area contributed by atoms with Crippen molar-refractivity contribution in [1.82, 2.24) is 9.88 Å². The highest BCUT2D eigenvalue weighted by atomic mass is 15.3. The van der Waals surface area contributed by atoms with Gasteiger partial charge in [0.2, 0.25) is 5.71 Å².